The molecule has 10 nitrogen and oxygen atoms in total. The summed E-state index contributed by atoms with van der Waals surface area (Å²) in [5.41, 5.74) is 4.86. The number of hydrogen-bond acceptors (Lipinski definition) is 9. The molecule has 1 aliphatic heterocycles. The lowest BCUT2D eigenvalue weighted by atomic mass is 10.1. The molecule has 12 heteroatoms. The predicted molar refractivity (Wildman–Crippen MR) is 124 cm³/mol. The van der Waals surface area contributed by atoms with Crippen LogP contribution in [-0.2, 0) is 14.1 Å². The second-order valence-corrected chi connectivity index (χ2v) is 8.94. The first-order valence-corrected chi connectivity index (χ1v) is 11.7. The van der Waals surface area contributed by atoms with Gasteiger partial charge in [-0.1, -0.05) is 48.0 Å². The SMILES string of the molecule is Nc1nc(=O)n(C2OC(COP(NCC=O)Oc3cccc4ccccc34)CC2O)cc1Cl. The zero-order chi connectivity index (χ0) is 23.4. The molecule has 0 spiro atoms. The summed E-state index contributed by atoms with van der Waals surface area (Å²) < 4.78 is 18.8. The number of ether oxygens (including phenoxy) is 1. The van der Waals surface area contributed by atoms with Gasteiger partial charge in [-0.15, -0.1) is 0 Å². The van der Waals surface area contributed by atoms with Gasteiger partial charge in [0.15, 0.2) is 6.23 Å². The molecule has 1 fully saturated rings. The van der Waals surface area contributed by atoms with Crippen molar-refractivity contribution in [3.63, 3.8) is 0 Å². The summed E-state index contributed by atoms with van der Waals surface area (Å²) in [6.07, 6.45) is -0.292. The number of halogens is 1. The molecule has 2 aromatic carbocycles. The number of hydrogen-bond donors (Lipinski definition) is 3. The van der Waals surface area contributed by atoms with Crippen molar-refractivity contribution in [1.29, 1.82) is 0 Å². The fourth-order valence-corrected chi connectivity index (χ4v) is 4.68. The quantitative estimate of drug-likeness (QED) is 0.303. The Morgan fingerprint density at radius 3 is 2.94 bits per heavy atom. The molecule has 0 aliphatic carbocycles. The number of nitrogens with one attached hydrogen (secondary N) is 1. The van der Waals surface area contributed by atoms with Crippen LogP contribution in [0, 0.1) is 0 Å². The van der Waals surface area contributed by atoms with Crippen molar-refractivity contribution >= 4 is 43.0 Å². The van der Waals surface area contributed by atoms with Crippen LogP contribution in [0.1, 0.15) is 12.6 Å². The van der Waals surface area contributed by atoms with E-state index in [0.29, 0.717) is 12.0 Å². The van der Waals surface area contributed by atoms with Gasteiger partial charge in [0.1, 0.15) is 24.0 Å². The molecule has 0 radical (unpaired) electrons. The van der Waals surface area contributed by atoms with Crippen LogP contribution in [0.25, 0.3) is 10.8 Å². The minimum Gasteiger partial charge on any atom is -0.435 e. The van der Waals surface area contributed by atoms with Gasteiger partial charge in [-0.25, -0.2) is 9.88 Å². The molecule has 1 saturated heterocycles. The van der Waals surface area contributed by atoms with Crippen molar-refractivity contribution in [2.24, 2.45) is 0 Å². The van der Waals surface area contributed by atoms with E-state index in [1.165, 1.54) is 6.20 Å². The van der Waals surface area contributed by atoms with Crippen LogP contribution < -0.4 is 21.0 Å². The van der Waals surface area contributed by atoms with Crippen LogP contribution in [0.5, 0.6) is 5.75 Å². The van der Waals surface area contributed by atoms with Crippen molar-refractivity contribution in [2.75, 3.05) is 18.9 Å². The molecular weight excluding hydrogens is 471 g/mol. The van der Waals surface area contributed by atoms with Crippen LogP contribution in [-0.4, -0.2) is 46.3 Å². The Kier molecular flexibility index (Phi) is 7.54. The minimum atomic E-state index is -1.69. The Bertz CT molecular complexity index is 1190. The Morgan fingerprint density at radius 1 is 1.33 bits per heavy atom. The first kappa shape index (κ1) is 23.6. The van der Waals surface area contributed by atoms with E-state index in [4.69, 9.17) is 31.1 Å². The molecule has 1 aliphatic rings. The summed E-state index contributed by atoms with van der Waals surface area (Å²) in [6.45, 7) is 0.0962. The van der Waals surface area contributed by atoms with Gasteiger partial charge in [0, 0.05) is 18.0 Å². The predicted octanol–water partition coefficient (Wildman–Crippen LogP) is 2.39. The van der Waals surface area contributed by atoms with Crippen molar-refractivity contribution in [3.8, 4) is 5.75 Å². The number of nitrogens with zero attached hydrogens (tertiary/aromatic N) is 2. The van der Waals surface area contributed by atoms with E-state index in [1.54, 1.807) is 0 Å². The molecular formula is C21H22ClN4O6P. The van der Waals surface area contributed by atoms with E-state index in [-0.39, 0.29) is 30.4 Å². The van der Waals surface area contributed by atoms with Crippen LogP contribution in [0.15, 0.2) is 53.5 Å². The number of aliphatic hydroxyl groups is 1. The Labute approximate surface area is 195 Å². The fourth-order valence-electron chi connectivity index (χ4n) is 3.46. The first-order valence-electron chi connectivity index (χ1n) is 10.1. The maximum absolute atomic E-state index is 12.2. The van der Waals surface area contributed by atoms with E-state index in [2.05, 4.69) is 10.1 Å². The number of anilines is 1. The third kappa shape index (κ3) is 5.50. The maximum atomic E-state index is 12.2. The number of rotatable bonds is 9. The summed E-state index contributed by atoms with van der Waals surface area (Å²) >= 11 is 5.96. The molecule has 0 amide bonds. The van der Waals surface area contributed by atoms with Crippen molar-refractivity contribution in [3.05, 3.63) is 64.2 Å². The lowest BCUT2D eigenvalue weighted by Gasteiger charge is -2.21. The number of benzene rings is 2. The zero-order valence-electron chi connectivity index (χ0n) is 17.3. The van der Waals surface area contributed by atoms with Crippen LogP contribution in [0.4, 0.5) is 5.82 Å². The normalized spacial score (nSPS) is 21.2. The smallest absolute Gasteiger partial charge is 0.351 e. The largest absolute Gasteiger partial charge is 0.435 e. The number of nitrogens with two attached hydrogens (primary N) is 1. The number of carbonyl (C=O) groups excluding carboxylic acids is 1. The minimum absolute atomic E-state index is 0.0399. The van der Waals surface area contributed by atoms with Gasteiger partial charge in [-0.05, 0) is 11.5 Å². The highest BCUT2D eigenvalue weighted by Crippen LogP contribution is 2.40. The molecule has 4 rings (SSSR count). The molecule has 3 aromatic rings. The van der Waals surface area contributed by atoms with E-state index in [0.717, 1.165) is 15.3 Å². The molecule has 4 atom stereocenters. The highest BCUT2D eigenvalue weighted by molar-refractivity contribution is 7.45. The second kappa shape index (κ2) is 10.6. The molecule has 174 valence electrons. The number of fused-ring (bicyclic) bond motifs is 1. The van der Waals surface area contributed by atoms with Gasteiger partial charge in [-0.3, -0.25) is 4.57 Å². The highest BCUT2D eigenvalue weighted by Gasteiger charge is 2.37. The van der Waals surface area contributed by atoms with Gasteiger partial charge in [0.05, 0.1) is 24.3 Å². The fraction of sp³-hybridized carbons (Fsp3) is 0.286. The molecule has 33 heavy (non-hydrogen) atoms. The van der Waals surface area contributed by atoms with Crippen molar-refractivity contribution in [1.82, 2.24) is 14.6 Å². The number of aromatic nitrogens is 2. The topological polar surface area (TPSA) is 138 Å². The third-order valence-electron chi connectivity index (χ3n) is 4.99. The second-order valence-electron chi connectivity index (χ2n) is 7.27. The summed E-state index contributed by atoms with van der Waals surface area (Å²) in [6, 6.07) is 13.4. The average Bonchev–Trinajstić information content (AvgIpc) is 3.18. The lowest BCUT2D eigenvalue weighted by molar-refractivity contribution is -0.106. The van der Waals surface area contributed by atoms with E-state index >= 15 is 0 Å². The third-order valence-corrected chi connectivity index (χ3v) is 6.46. The first-order chi connectivity index (χ1) is 16.0. The molecule has 0 saturated carbocycles. The Morgan fingerprint density at radius 2 is 2.12 bits per heavy atom. The van der Waals surface area contributed by atoms with E-state index < -0.39 is 32.7 Å². The average molecular weight is 493 g/mol. The molecule has 0 bridgehead atoms. The van der Waals surface area contributed by atoms with Gasteiger partial charge < -0.3 is 29.4 Å². The van der Waals surface area contributed by atoms with Gasteiger partial charge in [-0.2, -0.15) is 4.98 Å². The molecule has 4 unspecified atom stereocenters. The van der Waals surface area contributed by atoms with Crippen molar-refractivity contribution in [2.45, 2.75) is 24.9 Å². The summed E-state index contributed by atoms with van der Waals surface area (Å²) in [7, 11) is -1.69. The number of carbonyl (C=O) groups is 1. The lowest BCUT2D eigenvalue weighted by Crippen LogP contribution is -2.32. The Hall–Kier alpha value is -2.59. The van der Waals surface area contributed by atoms with Crippen molar-refractivity contribution < 1.29 is 23.7 Å². The zero-order valence-corrected chi connectivity index (χ0v) is 19.0. The number of nitrogen functional groups attached to an aromatic ring is 1. The molecule has 4 N–H and O–H groups in total. The van der Waals surface area contributed by atoms with Gasteiger partial charge in [0.2, 0.25) is 0 Å². The number of aldehydes is 1. The molecule has 2 heterocycles. The summed E-state index contributed by atoms with van der Waals surface area (Å²) in [5, 5.41) is 15.3. The van der Waals surface area contributed by atoms with Crippen LogP contribution in [0.3, 0.4) is 0 Å². The highest BCUT2D eigenvalue weighted by atomic mass is 35.5. The monoisotopic (exact) mass is 492 g/mol. The van der Waals surface area contributed by atoms with Crippen LogP contribution >= 0.6 is 20.1 Å². The van der Waals surface area contributed by atoms with Gasteiger partial charge in [0.25, 0.3) is 0 Å². The standard InChI is InChI=1S/C21H22ClN4O6P/c22-16-11-26(21(29)25-19(16)23)20-17(28)10-14(31-20)12-30-33(24-8-9-27)32-18-7-3-5-13-4-1-2-6-15(13)18/h1-7,9,11,14,17,20,24,28H,8,10,12H2,(H2,23,25,29). The summed E-state index contributed by atoms with van der Waals surface area (Å²) in [4.78, 5) is 26.7. The molecule has 1 aromatic heterocycles. The van der Waals surface area contributed by atoms with Gasteiger partial charge >= 0.3 is 14.2 Å². The Balaban J connectivity index is 1.44. The summed E-state index contributed by atoms with van der Waals surface area (Å²) in [5.74, 6) is 0.514. The van der Waals surface area contributed by atoms with Crippen LogP contribution in [0.2, 0.25) is 5.02 Å². The maximum Gasteiger partial charge on any atom is 0.351 e. The van der Waals surface area contributed by atoms with E-state index in [1.807, 2.05) is 42.5 Å². The number of aliphatic hydroxyl groups excluding tert-OH is 1. The van der Waals surface area contributed by atoms with E-state index in [9.17, 15) is 14.7 Å².